The van der Waals surface area contributed by atoms with Crippen LogP contribution in [0.1, 0.15) is 24.1 Å². The molecule has 7 nitrogen and oxygen atoms in total. The van der Waals surface area contributed by atoms with Gasteiger partial charge in [-0.3, -0.25) is 9.59 Å². The van der Waals surface area contributed by atoms with E-state index >= 15 is 0 Å². The summed E-state index contributed by atoms with van der Waals surface area (Å²) in [5.74, 6) is -1.34. The van der Waals surface area contributed by atoms with Gasteiger partial charge < -0.3 is 15.1 Å². The van der Waals surface area contributed by atoms with Gasteiger partial charge in [-0.2, -0.15) is 0 Å². The molecule has 0 aliphatic heterocycles. The number of nitrogens with zero attached hydrogens (tertiary/aromatic N) is 2. The summed E-state index contributed by atoms with van der Waals surface area (Å²) < 4.78 is 32.4. The third-order valence-corrected chi connectivity index (χ3v) is 6.36. The lowest BCUT2D eigenvalue weighted by atomic mass is 10.2. The summed E-state index contributed by atoms with van der Waals surface area (Å²) in [5.41, 5.74) is 0.844. The number of carbonyl (C=O) groups excluding carboxylic acids is 2. The highest BCUT2D eigenvalue weighted by Gasteiger charge is 2.14. The summed E-state index contributed by atoms with van der Waals surface area (Å²) in [6.07, 6.45) is 1.66. The normalized spacial score (nSPS) is 10.9. The lowest BCUT2D eigenvalue weighted by Crippen LogP contribution is -2.17. The zero-order valence-corrected chi connectivity index (χ0v) is 19.0. The van der Waals surface area contributed by atoms with Crippen molar-refractivity contribution in [3.05, 3.63) is 64.3 Å². The maximum atomic E-state index is 13.9. The molecule has 0 aliphatic rings. The number of aryl methyl sites for hydroxylation is 1. The zero-order valence-electron chi connectivity index (χ0n) is 17.4. The van der Waals surface area contributed by atoms with Crippen LogP contribution in [0.25, 0.3) is 21.9 Å². The van der Waals surface area contributed by atoms with Crippen LogP contribution in [0, 0.1) is 11.6 Å². The number of carbonyl (C=O) groups is 2. The molecule has 0 atom stereocenters. The van der Waals surface area contributed by atoms with Gasteiger partial charge in [-0.1, -0.05) is 0 Å². The zero-order chi connectivity index (χ0) is 23.4. The number of nitrogens with one attached hydrogen (secondary N) is 2. The van der Waals surface area contributed by atoms with Gasteiger partial charge in [0.05, 0.1) is 28.9 Å². The Bertz CT molecular complexity index is 1300. The smallest absolute Gasteiger partial charge is 0.226 e. The molecule has 0 radical (unpaired) electrons. The fraction of sp³-hybridized carbons (Fsp3) is 0.182. The molecule has 0 bridgehead atoms. The van der Waals surface area contributed by atoms with Crippen molar-refractivity contribution in [3.63, 3.8) is 0 Å². The predicted octanol–water partition coefficient (Wildman–Crippen LogP) is 5.01. The first-order chi connectivity index (χ1) is 15.9. The Kier molecular flexibility index (Phi) is 6.90. The lowest BCUT2D eigenvalue weighted by Gasteiger charge is -2.00. The minimum absolute atomic E-state index is 0.0906. The number of thiophene rings is 1. The second kappa shape index (κ2) is 10.0. The van der Waals surface area contributed by atoms with Gasteiger partial charge in [0.1, 0.15) is 11.6 Å². The molecule has 170 valence electrons. The Hall–Kier alpha value is -3.44. The summed E-state index contributed by atoms with van der Waals surface area (Å²) in [6, 6.07) is 7.03. The summed E-state index contributed by atoms with van der Waals surface area (Å²) in [4.78, 5) is 33.8. The van der Waals surface area contributed by atoms with Crippen molar-refractivity contribution >= 4 is 39.6 Å². The van der Waals surface area contributed by atoms with Gasteiger partial charge in [0, 0.05) is 36.1 Å². The van der Waals surface area contributed by atoms with Gasteiger partial charge in [-0.25, -0.2) is 18.7 Å². The van der Waals surface area contributed by atoms with Gasteiger partial charge in [0.25, 0.3) is 0 Å². The number of hydrogen-bond donors (Lipinski definition) is 2. The third-order valence-electron chi connectivity index (χ3n) is 4.49. The SMILES string of the molecule is CC(=O)NCc1ccc(-c2csc(NC(=O)CCc3ncc(-c4ccc(F)cc4F)o3)n2)s1. The number of hydrogen-bond acceptors (Lipinski definition) is 7. The molecule has 0 saturated carbocycles. The maximum absolute atomic E-state index is 13.9. The van der Waals surface area contributed by atoms with Crippen LogP contribution in [0.4, 0.5) is 13.9 Å². The van der Waals surface area contributed by atoms with Crippen LogP contribution < -0.4 is 10.6 Å². The Morgan fingerprint density at radius 2 is 2.03 bits per heavy atom. The molecular formula is C22H18F2N4O3S2. The Balaban J connectivity index is 1.31. The average Bonchev–Trinajstić information content (AvgIpc) is 3.51. The number of oxazole rings is 1. The molecule has 3 aromatic heterocycles. The van der Waals surface area contributed by atoms with Gasteiger partial charge in [0.15, 0.2) is 16.8 Å². The Morgan fingerprint density at radius 3 is 2.82 bits per heavy atom. The minimum atomic E-state index is -0.747. The molecule has 4 aromatic rings. The summed E-state index contributed by atoms with van der Waals surface area (Å²) in [6.45, 7) is 1.93. The van der Waals surface area contributed by atoms with Gasteiger partial charge in [0.2, 0.25) is 11.8 Å². The summed E-state index contributed by atoms with van der Waals surface area (Å²) in [7, 11) is 0. The largest absolute Gasteiger partial charge is 0.441 e. The first-order valence-electron chi connectivity index (χ1n) is 9.86. The number of benzene rings is 1. The molecular weight excluding hydrogens is 470 g/mol. The summed E-state index contributed by atoms with van der Waals surface area (Å²) >= 11 is 2.83. The van der Waals surface area contributed by atoms with E-state index < -0.39 is 11.6 Å². The van der Waals surface area contributed by atoms with E-state index in [0.717, 1.165) is 27.6 Å². The second-order valence-electron chi connectivity index (χ2n) is 7.00. The number of halogens is 2. The van der Waals surface area contributed by atoms with Gasteiger partial charge >= 0.3 is 0 Å². The van der Waals surface area contributed by atoms with Crippen LogP contribution in [0.2, 0.25) is 0 Å². The quantitative estimate of drug-likeness (QED) is 0.363. The highest BCUT2D eigenvalue weighted by molar-refractivity contribution is 7.17. The number of amides is 2. The number of anilines is 1. The number of rotatable bonds is 8. The van der Waals surface area contributed by atoms with Crippen LogP contribution in [0.15, 0.2) is 46.3 Å². The van der Waals surface area contributed by atoms with E-state index in [2.05, 4.69) is 20.6 Å². The van der Waals surface area contributed by atoms with Crippen molar-refractivity contribution in [2.45, 2.75) is 26.3 Å². The van der Waals surface area contributed by atoms with Crippen LogP contribution in [-0.4, -0.2) is 21.8 Å². The molecule has 0 saturated heterocycles. The number of aromatic nitrogens is 2. The van der Waals surface area contributed by atoms with Gasteiger partial charge in [-0.15, -0.1) is 22.7 Å². The molecule has 2 amide bonds. The molecule has 4 rings (SSSR count). The molecule has 11 heteroatoms. The first-order valence-corrected chi connectivity index (χ1v) is 11.6. The van der Waals surface area contributed by atoms with Crippen molar-refractivity contribution in [1.82, 2.24) is 15.3 Å². The Labute approximate surface area is 195 Å². The van der Waals surface area contributed by atoms with E-state index in [1.54, 1.807) is 0 Å². The minimum Gasteiger partial charge on any atom is -0.441 e. The van der Waals surface area contributed by atoms with Crippen molar-refractivity contribution in [2.24, 2.45) is 0 Å². The van der Waals surface area contributed by atoms with Crippen LogP contribution >= 0.6 is 22.7 Å². The van der Waals surface area contributed by atoms with Crippen LogP contribution in [0.5, 0.6) is 0 Å². The topological polar surface area (TPSA) is 97.1 Å². The molecule has 1 aromatic carbocycles. The maximum Gasteiger partial charge on any atom is 0.226 e. The van der Waals surface area contributed by atoms with Crippen LogP contribution in [-0.2, 0) is 22.6 Å². The number of thiazole rings is 1. The molecule has 2 N–H and O–H groups in total. The molecule has 0 spiro atoms. The lowest BCUT2D eigenvalue weighted by molar-refractivity contribution is -0.119. The molecule has 0 unspecified atom stereocenters. The Morgan fingerprint density at radius 1 is 1.18 bits per heavy atom. The van der Waals surface area contributed by atoms with E-state index in [4.69, 9.17) is 4.42 Å². The van der Waals surface area contributed by atoms with Crippen molar-refractivity contribution in [2.75, 3.05) is 5.32 Å². The summed E-state index contributed by atoms with van der Waals surface area (Å²) in [5, 5.41) is 7.81. The second-order valence-corrected chi connectivity index (χ2v) is 9.03. The standard InChI is InChI=1S/C22H18F2N4O3S2/c1-12(29)25-9-14-3-5-19(33-14)17-11-32-22(27-17)28-20(30)6-7-21-26-10-18(31-21)15-4-2-13(23)8-16(15)24/h2-5,8,10-11H,6-7,9H2,1H3,(H,25,29)(H,27,28,30). The van der Waals surface area contributed by atoms with E-state index in [1.165, 1.54) is 41.9 Å². The molecule has 33 heavy (non-hydrogen) atoms. The first kappa shape index (κ1) is 22.7. The van der Waals surface area contributed by atoms with Crippen molar-refractivity contribution < 1.29 is 22.8 Å². The highest BCUT2D eigenvalue weighted by atomic mass is 32.1. The molecule has 0 fully saturated rings. The van der Waals surface area contributed by atoms with E-state index in [-0.39, 0.29) is 41.9 Å². The van der Waals surface area contributed by atoms with Crippen LogP contribution in [0.3, 0.4) is 0 Å². The fourth-order valence-corrected chi connectivity index (χ4v) is 4.62. The van der Waals surface area contributed by atoms with E-state index in [1.807, 2.05) is 17.5 Å². The van der Waals surface area contributed by atoms with Gasteiger partial charge in [-0.05, 0) is 24.3 Å². The van der Waals surface area contributed by atoms with E-state index in [9.17, 15) is 18.4 Å². The van der Waals surface area contributed by atoms with Crippen molar-refractivity contribution in [3.8, 4) is 21.9 Å². The third kappa shape index (κ3) is 5.88. The average molecular weight is 489 g/mol. The highest BCUT2D eigenvalue weighted by Crippen LogP contribution is 2.31. The molecule has 0 aliphatic carbocycles. The monoisotopic (exact) mass is 488 g/mol. The van der Waals surface area contributed by atoms with Crippen molar-refractivity contribution in [1.29, 1.82) is 0 Å². The van der Waals surface area contributed by atoms with E-state index in [0.29, 0.717) is 11.7 Å². The fourth-order valence-electron chi connectivity index (χ4n) is 2.91. The predicted molar refractivity (Wildman–Crippen MR) is 122 cm³/mol. The molecule has 3 heterocycles.